The molecule has 0 unspecified atom stereocenters. The minimum atomic E-state index is -0.310. The van der Waals surface area contributed by atoms with Crippen LogP contribution >= 0.6 is 24.0 Å². The molecule has 0 bridgehead atoms. The lowest BCUT2D eigenvalue weighted by molar-refractivity contribution is 0.592. The quantitative estimate of drug-likeness (QED) is 0.275. The van der Waals surface area contributed by atoms with E-state index in [-0.39, 0.29) is 29.8 Å². The molecule has 0 fully saturated rings. The molecule has 1 heterocycles. The first-order valence-corrected chi connectivity index (χ1v) is 8.73. The van der Waals surface area contributed by atoms with Crippen molar-refractivity contribution in [2.24, 2.45) is 4.99 Å². The second kappa shape index (κ2) is 11.8. The van der Waals surface area contributed by atoms with Crippen molar-refractivity contribution in [3.63, 3.8) is 0 Å². The van der Waals surface area contributed by atoms with E-state index in [0.717, 1.165) is 19.4 Å². The number of aromatic nitrogens is 1. The molecule has 0 saturated carbocycles. The summed E-state index contributed by atoms with van der Waals surface area (Å²) < 4.78 is 13.6. The standard InChI is InChI=1S/C20H27FN4.HI/c1-15(2)17-10-8-16(9-11-17)6-4-13-24-20(22-3)25-14-19-18(21)7-5-12-23-19;/h5,7-12,15H,4,6,13-14H2,1-3H3,(H2,22,24,25);1H. The van der Waals surface area contributed by atoms with Crippen LogP contribution in [0.15, 0.2) is 47.6 Å². The summed E-state index contributed by atoms with van der Waals surface area (Å²) in [7, 11) is 1.70. The lowest BCUT2D eigenvalue weighted by atomic mass is 10.0. The van der Waals surface area contributed by atoms with Crippen molar-refractivity contribution in [2.75, 3.05) is 13.6 Å². The van der Waals surface area contributed by atoms with Crippen LogP contribution in [0.1, 0.15) is 43.0 Å². The minimum Gasteiger partial charge on any atom is -0.356 e. The molecule has 0 atom stereocenters. The topological polar surface area (TPSA) is 49.3 Å². The van der Waals surface area contributed by atoms with Crippen molar-refractivity contribution in [3.05, 3.63) is 65.2 Å². The van der Waals surface area contributed by atoms with Crippen LogP contribution in [0.5, 0.6) is 0 Å². The second-order valence-corrected chi connectivity index (χ2v) is 6.28. The Morgan fingerprint density at radius 2 is 1.88 bits per heavy atom. The smallest absolute Gasteiger partial charge is 0.191 e. The maximum Gasteiger partial charge on any atom is 0.191 e. The van der Waals surface area contributed by atoms with E-state index in [1.54, 1.807) is 19.3 Å². The van der Waals surface area contributed by atoms with Crippen molar-refractivity contribution in [1.82, 2.24) is 15.6 Å². The van der Waals surface area contributed by atoms with Gasteiger partial charge in [0.05, 0.1) is 12.2 Å². The number of rotatable bonds is 7. The lowest BCUT2D eigenvalue weighted by Crippen LogP contribution is -2.37. The number of hydrogen-bond acceptors (Lipinski definition) is 2. The Morgan fingerprint density at radius 3 is 2.50 bits per heavy atom. The van der Waals surface area contributed by atoms with E-state index in [0.29, 0.717) is 24.1 Å². The van der Waals surface area contributed by atoms with Gasteiger partial charge in [-0.15, -0.1) is 24.0 Å². The van der Waals surface area contributed by atoms with Crippen molar-refractivity contribution in [1.29, 1.82) is 0 Å². The van der Waals surface area contributed by atoms with Gasteiger partial charge in [-0.3, -0.25) is 9.98 Å². The highest BCUT2D eigenvalue weighted by molar-refractivity contribution is 14.0. The van der Waals surface area contributed by atoms with Gasteiger partial charge in [0.2, 0.25) is 0 Å². The summed E-state index contributed by atoms with van der Waals surface area (Å²) in [5, 5.41) is 6.33. The maximum atomic E-state index is 13.6. The third-order valence-electron chi connectivity index (χ3n) is 4.06. The molecule has 0 aliphatic heterocycles. The molecule has 2 N–H and O–H groups in total. The zero-order chi connectivity index (χ0) is 18.1. The maximum absolute atomic E-state index is 13.6. The van der Waals surface area contributed by atoms with Crippen LogP contribution < -0.4 is 10.6 Å². The molecule has 4 nitrogen and oxygen atoms in total. The average molecular weight is 470 g/mol. The van der Waals surface area contributed by atoms with Crippen molar-refractivity contribution < 1.29 is 4.39 Å². The molecule has 0 radical (unpaired) electrons. The Hall–Kier alpha value is -1.70. The van der Waals surface area contributed by atoms with Crippen LogP contribution in [0.4, 0.5) is 4.39 Å². The molecule has 26 heavy (non-hydrogen) atoms. The van der Waals surface area contributed by atoms with Gasteiger partial charge in [0.1, 0.15) is 5.82 Å². The number of aryl methyl sites for hydroxylation is 1. The zero-order valence-corrected chi connectivity index (χ0v) is 18.0. The molecular weight excluding hydrogens is 442 g/mol. The summed E-state index contributed by atoms with van der Waals surface area (Å²) in [6.07, 6.45) is 3.59. The van der Waals surface area contributed by atoms with Crippen LogP contribution in [-0.2, 0) is 13.0 Å². The number of hydrogen-bond donors (Lipinski definition) is 2. The molecule has 1 aromatic carbocycles. The van der Waals surface area contributed by atoms with Crippen molar-refractivity contribution in [3.8, 4) is 0 Å². The SMILES string of the molecule is CN=C(NCCCc1ccc(C(C)C)cc1)NCc1ncccc1F.I. The van der Waals surface area contributed by atoms with E-state index < -0.39 is 0 Å². The van der Waals surface area contributed by atoms with Crippen LogP contribution in [-0.4, -0.2) is 24.5 Å². The van der Waals surface area contributed by atoms with Gasteiger partial charge in [-0.2, -0.15) is 0 Å². The van der Waals surface area contributed by atoms with Crippen molar-refractivity contribution in [2.45, 2.75) is 39.2 Å². The first kappa shape index (κ1) is 22.3. The fraction of sp³-hybridized carbons (Fsp3) is 0.400. The molecule has 6 heteroatoms. The number of aliphatic imine (C=N–C) groups is 1. The first-order valence-electron chi connectivity index (χ1n) is 8.73. The van der Waals surface area contributed by atoms with Gasteiger partial charge >= 0.3 is 0 Å². The summed E-state index contributed by atoms with van der Waals surface area (Å²) >= 11 is 0. The van der Waals surface area contributed by atoms with Gasteiger partial charge in [-0.25, -0.2) is 4.39 Å². The number of nitrogens with one attached hydrogen (secondary N) is 2. The predicted molar refractivity (Wildman–Crippen MR) is 117 cm³/mol. The number of nitrogens with zero attached hydrogens (tertiary/aromatic N) is 2. The number of halogens is 2. The summed E-state index contributed by atoms with van der Waals surface area (Å²) in [6, 6.07) is 11.8. The normalized spacial score (nSPS) is 11.2. The third kappa shape index (κ3) is 7.27. The van der Waals surface area contributed by atoms with E-state index in [9.17, 15) is 4.39 Å². The van der Waals surface area contributed by atoms with Gasteiger partial charge in [0.15, 0.2) is 5.96 Å². The number of pyridine rings is 1. The molecule has 0 spiro atoms. The monoisotopic (exact) mass is 470 g/mol. The Morgan fingerprint density at radius 1 is 1.15 bits per heavy atom. The largest absolute Gasteiger partial charge is 0.356 e. The molecule has 0 aliphatic carbocycles. The Labute approximate surface area is 172 Å². The Bertz CT molecular complexity index is 686. The van der Waals surface area contributed by atoms with E-state index in [1.165, 1.54) is 17.2 Å². The predicted octanol–water partition coefficient (Wildman–Crippen LogP) is 4.26. The highest BCUT2D eigenvalue weighted by atomic mass is 127. The molecule has 0 aliphatic rings. The second-order valence-electron chi connectivity index (χ2n) is 6.28. The highest BCUT2D eigenvalue weighted by Gasteiger charge is 2.04. The fourth-order valence-corrected chi connectivity index (χ4v) is 2.51. The molecule has 2 rings (SSSR count). The highest BCUT2D eigenvalue weighted by Crippen LogP contribution is 2.15. The van der Waals surface area contributed by atoms with Gasteiger partial charge < -0.3 is 10.6 Å². The van der Waals surface area contributed by atoms with Crippen LogP contribution in [0, 0.1) is 5.82 Å². The summed E-state index contributed by atoms with van der Waals surface area (Å²) in [5.41, 5.74) is 3.09. The fourth-order valence-electron chi connectivity index (χ4n) is 2.51. The Balaban J connectivity index is 0.00000338. The van der Waals surface area contributed by atoms with Gasteiger partial charge in [-0.05, 0) is 42.0 Å². The van der Waals surface area contributed by atoms with E-state index in [1.807, 2.05) is 0 Å². The summed E-state index contributed by atoms with van der Waals surface area (Å²) in [6.45, 7) is 5.52. The molecule has 1 aromatic heterocycles. The van der Waals surface area contributed by atoms with Crippen LogP contribution in [0.3, 0.4) is 0 Å². The first-order chi connectivity index (χ1) is 12.1. The molecular formula is C20H28FIN4. The van der Waals surface area contributed by atoms with Crippen LogP contribution in [0.25, 0.3) is 0 Å². The number of benzene rings is 1. The van der Waals surface area contributed by atoms with E-state index >= 15 is 0 Å². The van der Waals surface area contributed by atoms with E-state index in [4.69, 9.17) is 0 Å². The number of guanidine groups is 1. The third-order valence-corrected chi connectivity index (χ3v) is 4.06. The van der Waals surface area contributed by atoms with Crippen molar-refractivity contribution >= 4 is 29.9 Å². The summed E-state index contributed by atoms with van der Waals surface area (Å²) in [4.78, 5) is 8.17. The van der Waals surface area contributed by atoms with E-state index in [2.05, 4.69) is 58.7 Å². The van der Waals surface area contributed by atoms with Crippen LogP contribution in [0.2, 0.25) is 0 Å². The van der Waals surface area contributed by atoms with Gasteiger partial charge in [0, 0.05) is 19.8 Å². The van der Waals surface area contributed by atoms with Gasteiger partial charge in [0.25, 0.3) is 0 Å². The Kier molecular flexibility index (Phi) is 10.2. The van der Waals surface area contributed by atoms with Gasteiger partial charge in [-0.1, -0.05) is 38.1 Å². The molecule has 2 aromatic rings. The molecule has 0 saturated heterocycles. The zero-order valence-electron chi connectivity index (χ0n) is 15.6. The average Bonchev–Trinajstić information content (AvgIpc) is 2.62. The molecule has 0 amide bonds. The lowest BCUT2D eigenvalue weighted by Gasteiger charge is -2.12. The molecule has 142 valence electrons. The minimum absolute atomic E-state index is 0. The summed E-state index contributed by atoms with van der Waals surface area (Å²) in [5.74, 6) is 0.907.